The average Bonchev–Trinajstić information content (AvgIpc) is 2.54. The van der Waals surface area contributed by atoms with E-state index in [1.807, 2.05) is 0 Å². The summed E-state index contributed by atoms with van der Waals surface area (Å²) in [4.78, 5) is 25.8. The number of carbonyl (C=O) groups excluding carboxylic acids is 1. The third-order valence-electron chi connectivity index (χ3n) is 2.96. The molecule has 7 heteroatoms. The van der Waals surface area contributed by atoms with Crippen LogP contribution in [0.25, 0.3) is 6.08 Å². The summed E-state index contributed by atoms with van der Waals surface area (Å²) in [5.41, 5.74) is 0.459. The van der Waals surface area contributed by atoms with Crippen molar-refractivity contribution in [3.63, 3.8) is 0 Å². The van der Waals surface area contributed by atoms with Crippen LogP contribution in [0.2, 0.25) is 5.02 Å². The van der Waals surface area contributed by atoms with Crippen molar-refractivity contribution < 1.29 is 14.3 Å². The predicted molar refractivity (Wildman–Crippen MR) is 89.3 cm³/mol. The van der Waals surface area contributed by atoms with Crippen LogP contribution in [0.15, 0.2) is 41.3 Å². The molecule has 0 spiro atoms. The maximum atomic E-state index is 11.9. The molecule has 2 rings (SSSR count). The first-order chi connectivity index (χ1) is 11.0. The molecule has 1 aromatic carbocycles. The number of carbonyl (C=O) groups is 1. The molecule has 0 aliphatic carbocycles. The quantitative estimate of drug-likeness (QED) is 0.824. The van der Waals surface area contributed by atoms with Gasteiger partial charge in [-0.3, -0.25) is 9.59 Å². The number of halogens is 1. The Morgan fingerprint density at radius 1 is 1.30 bits per heavy atom. The number of hydrogen-bond donors (Lipinski definition) is 2. The van der Waals surface area contributed by atoms with Gasteiger partial charge in [0.1, 0.15) is 5.69 Å². The van der Waals surface area contributed by atoms with Gasteiger partial charge in [0.2, 0.25) is 5.91 Å². The van der Waals surface area contributed by atoms with E-state index in [0.717, 1.165) is 0 Å². The number of anilines is 1. The largest absolute Gasteiger partial charge is 0.493 e. The van der Waals surface area contributed by atoms with Gasteiger partial charge >= 0.3 is 0 Å². The van der Waals surface area contributed by atoms with Crippen LogP contribution in [-0.2, 0) is 4.79 Å². The fourth-order valence-electron chi connectivity index (χ4n) is 1.90. The summed E-state index contributed by atoms with van der Waals surface area (Å²) < 4.78 is 10.3. The van der Waals surface area contributed by atoms with Crippen LogP contribution in [0.1, 0.15) is 5.56 Å². The van der Waals surface area contributed by atoms with Crippen LogP contribution < -0.4 is 20.3 Å². The first kappa shape index (κ1) is 16.6. The number of aromatic amines is 1. The molecule has 1 heterocycles. The molecule has 0 aliphatic heterocycles. The summed E-state index contributed by atoms with van der Waals surface area (Å²) in [6, 6.07) is 6.46. The molecule has 0 unspecified atom stereocenters. The van der Waals surface area contributed by atoms with Crippen LogP contribution in [0.5, 0.6) is 11.5 Å². The van der Waals surface area contributed by atoms with E-state index >= 15 is 0 Å². The smallest absolute Gasteiger partial charge is 0.271 e. The Labute approximate surface area is 137 Å². The predicted octanol–water partition coefficient (Wildman–Crippen LogP) is 2.70. The highest BCUT2D eigenvalue weighted by Crippen LogP contribution is 2.36. The number of methoxy groups -OCH3 is 2. The molecule has 120 valence electrons. The number of H-pyrrole nitrogens is 1. The van der Waals surface area contributed by atoms with Gasteiger partial charge in [0.05, 0.1) is 19.2 Å². The topological polar surface area (TPSA) is 80.4 Å². The summed E-state index contributed by atoms with van der Waals surface area (Å²) in [6.07, 6.45) is 4.34. The SMILES string of the molecule is COc1cc(C=CC(=O)Nc2ccc[nH]c2=O)cc(Cl)c1OC. The number of benzene rings is 1. The molecule has 2 N–H and O–H groups in total. The highest BCUT2D eigenvalue weighted by Gasteiger charge is 2.10. The maximum Gasteiger partial charge on any atom is 0.271 e. The molecule has 0 fully saturated rings. The van der Waals surface area contributed by atoms with Crippen LogP contribution in [-0.4, -0.2) is 25.1 Å². The van der Waals surface area contributed by atoms with E-state index in [0.29, 0.717) is 22.1 Å². The Bertz CT molecular complexity index is 799. The molecule has 0 radical (unpaired) electrons. The van der Waals surface area contributed by atoms with E-state index in [4.69, 9.17) is 21.1 Å². The Hall–Kier alpha value is -2.73. The summed E-state index contributed by atoms with van der Waals surface area (Å²) in [5, 5.41) is 2.85. The van der Waals surface area contributed by atoms with Gasteiger partial charge in [0.15, 0.2) is 11.5 Å². The standard InChI is InChI=1S/C16H15ClN2O4/c1-22-13-9-10(8-11(17)15(13)23-2)5-6-14(20)19-12-4-3-7-18-16(12)21/h3-9H,1-2H3,(H,18,21)(H,19,20). The zero-order chi connectivity index (χ0) is 16.8. The normalized spacial score (nSPS) is 10.6. The average molecular weight is 335 g/mol. The lowest BCUT2D eigenvalue weighted by atomic mass is 10.2. The second kappa shape index (κ2) is 7.51. The zero-order valence-corrected chi connectivity index (χ0v) is 13.3. The van der Waals surface area contributed by atoms with Crippen LogP contribution in [0.3, 0.4) is 0 Å². The van der Waals surface area contributed by atoms with Crippen LogP contribution in [0, 0.1) is 0 Å². The van der Waals surface area contributed by atoms with Gasteiger partial charge in [-0.1, -0.05) is 11.6 Å². The highest BCUT2D eigenvalue weighted by molar-refractivity contribution is 6.32. The second-order valence-electron chi connectivity index (χ2n) is 4.47. The molecule has 0 saturated heterocycles. The first-order valence-corrected chi connectivity index (χ1v) is 7.01. The second-order valence-corrected chi connectivity index (χ2v) is 4.88. The molecule has 0 aliphatic rings. The Morgan fingerprint density at radius 3 is 2.74 bits per heavy atom. The zero-order valence-electron chi connectivity index (χ0n) is 12.6. The third-order valence-corrected chi connectivity index (χ3v) is 3.24. The minimum Gasteiger partial charge on any atom is -0.493 e. The molecular weight excluding hydrogens is 320 g/mol. The molecule has 2 aromatic rings. The van der Waals surface area contributed by atoms with Crippen molar-refractivity contribution in [2.75, 3.05) is 19.5 Å². The lowest BCUT2D eigenvalue weighted by Crippen LogP contribution is -2.17. The lowest BCUT2D eigenvalue weighted by Gasteiger charge is -2.10. The summed E-state index contributed by atoms with van der Waals surface area (Å²) in [6.45, 7) is 0. The molecule has 23 heavy (non-hydrogen) atoms. The third kappa shape index (κ3) is 4.14. The number of aromatic nitrogens is 1. The van der Waals surface area contributed by atoms with Crippen molar-refractivity contribution >= 4 is 29.3 Å². The Kier molecular flexibility index (Phi) is 5.43. The van der Waals surface area contributed by atoms with E-state index in [-0.39, 0.29) is 11.2 Å². The number of hydrogen-bond acceptors (Lipinski definition) is 4. The van der Waals surface area contributed by atoms with Crippen molar-refractivity contribution in [1.82, 2.24) is 4.98 Å². The summed E-state index contributed by atoms with van der Waals surface area (Å²) in [5.74, 6) is 0.443. The van der Waals surface area contributed by atoms with Crippen LogP contribution >= 0.6 is 11.6 Å². The van der Waals surface area contributed by atoms with Gasteiger partial charge in [-0.05, 0) is 35.9 Å². The monoisotopic (exact) mass is 334 g/mol. The Balaban J connectivity index is 2.17. The van der Waals surface area contributed by atoms with Crippen molar-refractivity contribution in [2.45, 2.75) is 0 Å². The van der Waals surface area contributed by atoms with E-state index in [2.05, 4.69) is 10.3 Å². The molecule has 1 aromatic heterocycles. The van der Waals surface area contributed by atoms with E-state index in [9.17, 15) is 9.59 Å². The van der Waals surface area contributed by atoms with Crippen molar-refractivity contribution in [1.29, 1.82) is 0 Å². The van der Waals surface area contributed by atoms with Gasteiger partial charge in [-0.15, -0.1) is 0 Å². The lowest BCUT2D eigenvalue weighted by molar-refractivity contribution is -0.111. The van der Waals surface area contributed by atoms with Gasteiger partial charge in [0, 0.05) is 12.3 Å². The molecule has 0 bridgehead atoms. The van der Waals surface area contributed by atoms with Crippen LogP contribution in [0.4, 0.5) is 5.69 Å². The Morgan fingerprint density at radius 2 is 2.09 bits per heavy atom. The van der Waals surface area contributed by atoms with E-state index < -0.39 is 5.91 Å². The van der Waals surface area contributed by atoms with E-state index in [1.54, 1.807) is 24.3 Å². The van der Waals surface area contributed by atoms with Crippen molar-refractivity contribution in [2.24, 2.45) is 0 Å². The molecule has 0 atom stereocenters. The van der Waals surface area contributed by atoms with Gasteiger partial charge < -0.3 is 19.8 Å². The fraction of sp³-hybridized carbons (Fsp3) is 0.125. The summed E-state index contributed by atoms with van der Waals surface area (Å²) in [7, 11) is 2.99. The fourth-order valence-corrected chi connectivity index (χ4v) is 2.20. The summed E-state index contributed by atoms with van der Waals surface area (Å²) >= 11 is 6.09. The number of ether oxygens (including phenoxy) is 2. The number of rotatable bonds is 5. The van der Waals surface area contributed by atoms with Gasteiger partial charge in [-0.2, -0.15) is 0 Å². The molecule has 6 nitrogen and oxygen atoms in total. The minimum absolute atomic E-state index is 0.174. The van der Waals surface area contributed by atoms with Gasteiger partial charge in [0.25, 0.3) is 5.56 Å². The van der Waals surface area contributed by atoms with E-state index in [1.165, 1.54) is 32.6 Å². The van der Waals surface area contributed by atoms with Crippen molar-refractivity contribution in [3.05, 3.63) is 57.5 Å². The number of nitrogens with one attached hydrogen (secondary N) is 2. The molecule has 1 amide bonds. The molecular formula is C16H15ClN2O4. The minimum atomic E-state index is -0.437. The highest BCUT2D eigenvalue weighted by atomic mass is 35.5. The number of pyridine rings is 1. The molecule has 0 saturated carbocycles. The first-order valence-electron chi connectivity index (χ1n) is 6.63. The van der Waals surface area contributed by atoms with Gasteiger partial charge in [-0.25, -0.2) is 0 Å². The number of amides is 1. The van der Waals surface area contributed by atoms with Crippen molar-refractivity contribution in [3.8, 4) is 11.5 Å². The maximum absolute atomic E-state index is 11.9.